The van der Waals surface area contributed by atoms with E-state index in [9.17, 15) is 14.9 Å². The van der Waals surface area contributed by atoms with E-state index in [4.69, 9.17) is 9.47 Å². The van der Waals surface area contributed by atoms with Crippen molar-refractivity contribution in [2.75, 3.05) is 13.7 Å². The van der Waals surface area contributed by atoms with E-state index < -0.39 is 10.3 Å². The van der Waals surface area contributed by atoms with Crippen LogP contribution in [0.15, 0.2) is 12.1 Å². The monoisotopic (exact) mass is 309 g/mol. The van der Waals surface area contributed by atoms with E-state index in [1.807, 2.05) is 13.8 Å². The summed E-state index contributed by atoms with van der Waals surface area (Å²) in [4.78, 5) is 22.0. The lowest BCUT2D eigenvalue weighted by atomic mass is 9.88. The molecule has 6 nitrogen and oxygen atoms in total. The van der Waals surface area contributed by atoms with Crippen molar-refractivity contribution < 1.29 is 19.2 Å². The van der Waals surface area contributed by atoms with Crippen LogP contribution in [0.1, 0.15) is 37.8 Å². The van der Waals surface area contributed by atoms with Crippen molar-refractivity contribution in [2.45, 2.75) is 40.5 Å². The molecule has 122 valence electrons. The van der Waals surface area contributed by atoms with Gasteiger partial charge in [0.15, 0.2) is 0 Å². The predicted molar refractivity (Wildman–Crippen MR) is 83.1 cm³/mol. The van der Waals surface area contributed by atoms with E-state index in [2.05, 4.69) is 0 Å². The molecule has 0 N–H and O–H groups in total. The highest BCUT2D eigenvalue weighted by Gasteiger charge is 2.27. The van der Waals surface area contributed by atoms with E-state index in [0.717, 1.165) is 5.56 Å². The second-order valence-electron chi connectivity index (χ2n) is 5.99. The maximum absolute atomic E-state index is 11.6. The Morgan fingerprint density at radius 3 is 2.45 bits per heavy atom. The zero-order valence-corrected chi connectivity index (χ0v) is 13.8. The lowest BCUT2D eigenvalue weighted by Gasteiger charge is -2.21. The highest BCUT2D eigenvalue weighted by atomic mass is 16.6. The Balaban J connectivity index is 2.61. The number of nitro groups is 1. The van der Waals surface area contributed by atoms with Gasteiger partial charge in [-0.25, -0.2) is 0 Å². The van der Waals surface area contributed by atoms with Gasteiger partial charge in [0.05, 0.1) is 24.1 Å². The zero-order chi connectivity index (χ0) is 16.9. The number of hydrogen-bond donors (Lipinski definition) is 0. The number of ether oxygens (including phenoxy) is 2. The van der Waals surface area contributed by atoms with Gasteiger partial charge in [-0.15, -0.1) is 0 Å². The average Bonchev–Trinajstić information content (AvgIpc) is 2.45. The Labute approximate surface area is 130 Å². The molecule has 0 bridgehead atoms. The number of carbonyl (C=O) groups is 1. The molecule has 0 saturated heterocycles. The van der Waals surface area contributed by atoms with E-state index in [-0.39, 0.29) is 11.7 Å². The summed E-state index contributed by atoms with van der Waals surface area (Å²) in [6.07, 6.45) is 1.34. The molecule has 0 spiro atoms. The van der Waals surface area contributed by atoms with Crippen molar-refractivity contribution in [2.24, 2.45) is 5.41 Å². The van der Waals surface area contributed by atoms with Gasteiger partial charge in [-0.05, 0) is 52.2 Å². The molecule has 0 heterocycles. The standard InChI is InChI=1S/C16H23NO5/c1-11-10-14(12(2)9-13(11)17(19)20)22-8-6-7-16(3,4)15(18)21-5/h9-10H,6-8H2,1-5H3. The highest BCUT2D eigenvalue weighted by molar-refractivity contribution is 5.75. The van der Waals surface area contributed by atoms with Crippen LogP contribution in [0.2, 0.25) is 0 Å². The third kappa shape index (κ3) is 4.44. The number of esters is 1. The zero-order valence-electron chi connectivity index (χ0n) is 13.8. The summed E-state index contributed by atoms with van der Waals surface area (Å²) >= 11 is 0. The van der Waals surface area contributed by atoms with Crippen molar-refractivity contribution >= 4 is 11.7 Å². The first-order valence-corrected chi connectivity index (χ1v) is 7.16. The summed E-state index contributed by atoms with van der Waals surface area (Å²) in [5.41, 5.74) is 0.847. The van der Waals surface area contributed by atoms with Gasteiger partial charge < -0.3 is 9.47 Å². The van der Waals surface area contributed by atoms with E-state index in [1.165, 1.54) is 13.2 Å². The normalized spacial score (nSPS) is 11.1. The summed E-state index contributed by atoms with van der Waals surface area (Å²) in [7, 11) is 1.38. The number of carbonyl (C=O) groups excluding carboxylic acids is 1. The molecule has 0 aliphatic rings. The summed E-state index contributed by atoms with van der Waals surface area (Å²) < 4.78 is 10.4. The molecule has 0 atom stereocenters. The van der Waals surface area contributed by atoms with Crippen LogP contribution in [0.3, 0.4) is 0 Å². The molecule has 1 aromatic carbocycles. The maximum atomic E-state index is 11.6. The van der Waals surface area contributed by atoms with Crippen molar-refractivity contribution in [1.82, 2.24) is 0 Å². The Morgan fingerprint density at radius 1 is 1.27 bits per heavy atom. The van der Waals surface area contributed by atoms with Crippen LogP contribution >= 0.6 is 0 Å². The molecule has 0 saturated carbocycles. The van der Waals surface area contributed by atoms with Crippen LogP contribution in [0.25, 0.3) is 0 Å². The Morgan fingerprint density at radius 2 is 1.91 bits per heavy atom. The summed E-state index contributed by atoms with van der Waals surface area (Å²) in [6.45, 7) is 7.57. The average molecular weight is 309 g/mol. The number of methoxy groups -OCH3 is 1. The maximum Gasteiger partial charge on any atom is 0.311 e. The third-order valence-corrected chi connectivity index (χ3v) is 3.63. The number of nitro benzene ring substituents is 1. The number of benzene rings is 1. The van der Waals surface area contributed by atoms with Gasteiger partial charge in [0.25, 0.3) is 5.69 Å². The molecule has 0 aliphatic heterocycles. The van der Waals surface area contributed by atoms with E-state index >= 15 is 0 Å². The molecule has 0 radical (unpaired) electrons. The van der Waals surface area contributed by atoms with Crippen LogP contribution in [-0.2, 0) is 9.53 Å². The highest BCUT2D eigenvalue weighted by Crippen LogP contribution is 2.28. The fraction of sp³-hybridized carbons (Fsp3) is 0.562. The lowest BCUT2D eigenvalue weighted by molar-refractivity contribution is -0.385. The third-order valence-electron chi connectivity index (χ3n) is 3.63. The second-order valence-corrected chi connectivity index (χ2v) is 5.99. The van der Waals surface area contributed by atoms with Crippen molar-refractivity contribution in [3.8, 4) is 5.75 Å². The molecule has 1 rings (SSSR count). The van der Waals surface area contributed by atoms with Gasteiger partial charge in [-0.1, -0.05) is 0 Å². The van der Waals surface area contributed by atoms with Crippen LogP contribution in [0.4, 0.5) is 5.69 Å². The quantitative estimate of drug-likeness (QED) is 0.333. The molecule has 0 unspecified atom stereocenters. The van der Waals surface area contributed by atoms with Gasteiger partial charge >= 0.3 is 5.97 Å². The molecule has 0 amide bonds. The van der Waals surface area contributed by atoms with Crippen LogP contribution in [0.5, 0.6) is 5.75 Å². The minimum Gasteiger partial charge on any atom is -0.493 e. The largest absolute Gasteiger partial charge is 0.493 e. The van der Waals surface area contributed by atoms with Crippen LogP contribution < -0.4 is 4.74 Å². The molecule has 22 heavy (non-hydrogen) atoms. The van der Waals surface area contributed by atoms with Gasteiger partial charge in [-0.3, -0.25) is 14.9 Å². The van der Waals surface area contributed by atoms with Crippen molar-refractivity contribution in [1.29, 1.82) is 0 Å². The first kappa shape index (κ1) is 17.9. The van der Waals surface area contributed by atoms with Crippen molar-refractivity contribution in [3.63, 3.8) is 0 Å². The van der Waals surface area contributed by atoms with E-state index in [1.54, 1.807) is 19.9 Å². The molecule has 6 heteroatoms. The van der Waals surface area contributed by atoms with Crippen molar-refractivity contribution in [3.05, 3.63) is 33.4 Å². The Bertz CT molecular complexity index is 566. The fourth-order valence-corrected chi connectivity index (χ4v) is 2.20. The topological polar surface area (TPSA) is 78.7 Å². The summed E-state index contributed by atoms with van der Waals surface area (Å²) in [5.74, 6) is 0.397. The van der Waals surface area contributed by atoms with Gasteiger partial charge in [0, 0.05) is 11.6 Å². The molecular formula is C16H23NO5. The first-order valence-electron chi connectivity index (χ1n) is 7.16. The van der Waals surface area contributed by atoms with Crippen LogP contribution in [0, 0.1) is 29.4 Å². The van der Waals surface area contributed by atoms with Gasteiger partial charge in [-0.2, -0.15) is 0 Å². The first-order chi connectivity index (χ1) is 10.2. The number of hydrogen-bond acceptors (Lipinski definition) is 5. The van der Waals surface area contributed by atoms with Crippen LogP contribution in [-0.4, -0.2) is 24.6 Å². The van der Waals surface area contributed by atoms with Gasteiger partial charge in [0.1, 0.15) is 5.75 Å². The van der Waals surface area contributed by atoms with Gasteiger partial charge in [0.2, 0.25) is 0 Å². The molecule has 1 aromatic rings. The summed E-state index contributed by atoms with van der Waals surface area (Å²) in [6, 6.07) is 3.20. The number of rotatable bonds is 7. The smallest absolute Gasteiger partial charge is 0.311 e. The Hall–Kier alpha value is -2.11. The predicted octanol–water partition coefficient (Wildman–Crippen LogP) is 3.57. The second kappa shape index (κ2) is 7.24. The SMILES string of the molecule is COC(=O)C(C)(C)CCCOc1cc(C)c([N+](=O)[O-])cc1C. The molecule has 0 fully saturated rings. The van der Waals surface area contributed by atoms with E-state index in [0.29, 0.717) is 30.8 Å². The number of nitrogens with zero attached hydrogens (tertiary/aromatic N) is 1. The minimum absolute atomic E-state index is 0.0941. The molecular weight excluding hydrogens is 286 g/mol. The lowest BCUT2D eigenvalue weighted by Crippen LogP contribution is -2.26. The fourth-order valence-electron chi connectivity index (χ4n) is 2.20. The Kier molecular flexibility index (Phi) is 5.91. The molecule has 0 aliphatic carbocycles. The number of aryl methyl sites for hydroxylation is 2. The summed E-state index contributed by atoms with van der Waals surface area (Å²) in [5, 5.41) is 10.9. The molecule has 0 aromatic heterocycles. The minimum atomic E-state index is -0.543.